The average molecular weight is 465 g/mol. The Labute approximate surface area is 196 Å². The summed E-state index contributed by atoms with van der Waals surface area (Å²) in [6, 6.07) is 18.6. The van der Waals surface area contributed by atoms with Crippen molar-refractivity contribution in [3.8, 4) is 22.5 Å². The van der Waals surface area contributed by atoms with Crippen LogP contribution in [-0.2, 0) is 12.1 Å². The summed E-state index contributed by atoms with van der Waals surface area (Å²) in [5.74, 6) is 0.348. The molecule has 170 valence electrons. The summed E-state index contributed by atoms with van der Waals surface area (Å²) >= 11 is 0. The molecule has 1 fully saturated rings. The second-order valence-corrected chi connectivity index (χ2v) is 8.37. The molecule has 0 saturated heterocycles. The van der Waals surface area contributed by atoms with Crippen LogP contribution in [0.4, 0.5) is 0 Å². The first kappa shape index (κ1) is 23.0. The van der Waals surface area contributed by atoms with Crippen LogP contribution < -0.4 is 16.7 Å². The number of nitrogens with two attached hydrogens (primary N) is 1. The molecule has 1 aliphatic carbocycles. The van der Waals surface area contributed by atoms with Crippen molar-refractivity contribution in [2.75, 3.05) is 6.61 Å². The summed E-state index contributed by atoms with van der Waals surface area (Å²) in [6.45, 7) is -0.0581. The van der Waals surface area contributed by atoms with Gasteiger partial charge in [0, 0.05) is 23.8 Å². The Morgan fingerprint density at radius 1 is 0.970 bits per heavy atom. The fourth-order valence-corrected chi connectivity index (χ4v) is 4.38. The van der Waals surface area contributed by atoms with E-state index in [1.807, 2.05) is 54.6 Å². The van der Waals surface area contributed by atoms with Gasteiger partial charge < -0.3 is 19.8 Å². The van der Waals surface area contributed by atoms with Crippen LogP contribution in [0.2, 0.25) is 0 Å². The minimum absolute atomic E-state index is 0. The van der Waals surface area contributed by atoms with Crippen molar-refractivity contribution in [2.45, 2.75) is 31.3 Å². The van der Waals surface area contributed by atoms with Crippen molar-refractivity contribution in [1.29, 1.82) is 0 Å². The number of hydrogen-bond donors (Lipinski definition) is 2. The van der Waals surface area contributed by atoms with E-state index >= 15 is 0 Å². The normalized spacial score (nSPS) is 14.5. The van der Waals surface area contributed by atoms with Gasteiger partial charge in [0.25, 0.3) is 5.56 Å². The Bertz CT molecular complexity index is 1400. The quantitative estimate of drug-likeness (QED) is 0.464. The fraction of sp³-hybridized carbons (Fsp3) is 0.231. The van der Waals surface area contributed by atoms with Crippen LogP contribution in [0.1, 0.15) is 24.8 Å². The van der Waals surface area contributed by atoms with E-state index in [1.165, 1.54) is 10.8 Å². The summed E-state index contributed by atoms with van der Waals surface area (Å²) in [4.78, 5) is 26.5. The fourth-order valence-electron chi connectivity index (χ4n) is 4.38. The molecule has 2 aromatic heterocycles. The predicted octanol–water partition coefficient (Wildman–Crippen LogP) is 4.04. The smallest absolute Gasteiger partial charge is 0.294 e. The van der Waals surface area contributed by atoms with Gasteiger partial charge in [-0.1, -0.05) is 54.6 Å². The number of nitrogens with zero attached hydrogens (tertiary/aromatic N) is 1. The summed E-state index contributed by atoms with van der Waals surface area (Å²) in [7, 11) is 0. The Kier molecular flexibility index (Phi) is 6.26. The van der Waals surface area contributed by atoms with Crippen molar-refractivity contribution in [3.05, 3.63) is 93.0 Å². The van der Waals surface area contributed by atoms with Gasteiger partial charge in [-0.15, -0.1) is 12.4 Å². The number of aliphatic hydroxyl groups excluding tert-OH is 1. The first-order valence-corrected chi connectivity index (χ1v) is 10.8. The van der Waals surface area contributed by atoms with Crippen LogP contribution in [0.5, 0.6) is 0 Å². The van der Waals surface area contributed by atoms with Gasteiger partial charge in [0.05, 0.1) is 17.6 Å². The third-order valence-electron chi connectivity index (χ3n) is 6.39. The number of hydrogen-bond acceptors (Lipinski definition) is 5. The molecule has 0 spiro atoms. The van der Waals surface area contributed by atoms with Crippen molar-refractivity contribution in [3.63, 3.8) is 0 Å². The van der Waals surface area contributed by atoms with Crippen LogP contribution in [-0.4, -0.2) is 16.3 Å². The summed E-state index contributed by atoms with van der Waals surface area (Å²) in [6.07, 6.45) is 4.56. The van der Waals surface area contributed by atoms with Gasteiger partial charge in [-0.3, -0.25) is 9.59 Å². The molecule has 0 radical (unpaired) electrons. The molecule has 5 rings (SSSR count). The van der Waals surface area contributed by atoms with Gasteiger partial charge >= 0.3 is 0 Å². The maximum atomic E-state index is 13.6. The summed E-state index contributed by atoms with van der Waals surface area (Å²) < 4.78 is 7.46. The Hall–Kier alpha value is -3.19. The number of aromatic nitrogens is 1. The molecule has 0 atom stereocenters. The molecule has 0 bridgehead atoms. The molecule has 6 nitrogen and oxygen atoms in total. The van der Waals surface area contributed by atoms with Crippen LogP contribution in [0.15, 0.2) is 80.9 Å². The average Bonchev–Trinajstić information content (AvgIpc) is 2.80. The van der Waals surface area contributed by atoms with E-state index in [9.17, 15) is 14.7 Å². The number of pyridine rings is 1. The molecule has 0 amide bonds. The Morgan fingerprint density at radius 3 is 2.27 bits per heavy atom. The molecule has 4 aromatic rings. The lowest BCUT2D eigenvalue weighted by Crippen LogP contribution is -2.43. The highest BCUT2D eigenvalue weighted by atomic mass is 35.5. The maximum Gasteiger partial charge on any atom is 0.294 e. The second-order valence-electron chi connectivity index (χ2n) is 8.37. The lowest BCUT2D eigenvalue weighted by atomic mass is 9.72. The van der Waals surface area contributed by atoms with Gasteiger partial charge in [0.1, 0.15) is 5.76 Å². The number of benzene rings is 2. The molecule has 1 aliphatic rings. The third kappa shape index (κ3) is 3.91. The van der Waals surface area contributed by atoms with Crippen molar-refractivity contribution < 1.29 is 9.52 Å². The zero-order valence-electron chi connectivity index (χ0n) is 18.0. The van der Waals surface area contributed by atoms with Crippen molar-refractivity contribution in [1.82, 2.24) is 4.57 Å². The highest BCUT2D eigenvalue weighted by molar-refractivity contribution is 5.88. The largest absolute Gasteiger partial charge is 0.449 e. The number of halogens is 1. The van der Waals surface area contributed by atoms with Crippen molar-refractivity contribution in [2.24, 2.45) is 5.73 Å². The van der Waals surface area contributed by atoms with E-state index in [-0.39, 0.29) is 47.5 Å². The van der Waals surface area contributed by atoms with Gasteiger partial charge in [-0.2, -0.15) is 0 Å². The van der Waals surface area contributed by atoms with Crippen molar-refractivity contribution >= 4 is 23.4 Å². The predicted molar refractivity (Wildman–Crippen MR) is 132 cm³/mol. The molecule has 2 aromatic carbocycles. The second kappa shape index (κ2) is 8.98. The third-order valence-corrected chi connectivity index (χ3v) is 6.39. The molecule has 2 heterocycles. The topological polar surface area (TPSA) is 98.5 Å². The highest BCUT2D eigenvalue weighted by Crippen LogP contribution is 2.39. The molecule has 0 aliphatic heterocycles. The molecule has 3 N–H and O–H groups in total. The molecular formula is C26H25ClN2O4. The Balaban J connectivity index is 0.00000259. The van der Waals surface area contributed by atoms with Crippen LogP contribution in [0.25, 0.3) is 33.4 Å². The van der Waals surface area contributed by atoms with E-state index < -0.39 is 5.56 Å². The van der Waals surface area contributed by atoms with E-state index in [2.05, 4.69) is 0 Å². The minimum Gasteiger partial charge on any atom is -0.449 e. The minimum atomic E-state index is -0.442. The molecule has 0 unspecified atom stereocenters. The molecule has 33 heavy (non-hydrogen) atoms. The zero-order chi connectivity index (χ0) is 22.3. The van der Waals surface area contributed by atoms with Crippen LogP contribution >= 0.6 is 12.4 Å². The molecule has 7 heteroatoms. The number of fused-ring (bicyclic) bond motifs is 1. The monoisotopic (exact) mass is 464 g/mol. The highest BCUT2D eigenvalue weighted by Gasteiger charge is 2.34. The number of aliphatic hydroxyl groups is 1. The van der Waals surface area contributed by atoms with E-state index in [4.69, 9.17) is 10.2 Å². The van der Waals surface area contributed by atoms with Gasteiger partial charge in [0.15, 0.2) is 0 Å². The lowest BCUT2D eigenvalue weighted by Gasteiger charge is -2.38. The molecule has 1 saturated carbocycles. The standard InChI is InChI=1S/C26H24N2O4.ClH/c27-26(12-4-13-26)19-9-7-17(8-10-19)21-22(30)20-11-14-28(15-16-29)25(31)24(20)32-23(21)18-5-2-1-3-6-18;/h1-3,5-11,14,29H,4,12-13,15-16,27H2;1H. The van der Waals surface area contributed by atoms with Gasteiger partial charge in [0.2, 0.25) is 11.0 Å². The van der Waals surface area contributed by atoms with E-state index in [0.717, 1.165) is 24.8 Å². The van der Waals surface area contributed by atoms with E-state index in [1.54, 1.807) is 6.07 Å². The van der Waals surface area contributed by atoms with Gasteiger partial charge in [-0.05, 0) is 36.5 Å². The Morgan fingerprint density at radius 2 is 1.67 bits per heavy atom. The lowest BCUT2D eigenvalue weighted by molar-refractivity contribution is 0.253. The first-order chi connectivity index (χ1) is 15.5. The first-order valence-electron chi connectivity index (χ1n) is 10.8. The maximum absolute atomic E-state index is 13.6. The van der Waals surface area contributed by atoms with E-state index in [0.29, 0.717) is 22.5 Å². The zero-order valence-corrected chi connectivity index (χ0v) is 18.8. The SMILES string of the molecule is Cl.NC1(c2ccc(-c3c(-c4ccccc4)oc4c(=O)n(CCO)ccc4c3=O)cc2)CCC1. The van der Waals surface area contributed by atoms with Crippen LogP contribution in [0.3, 0.4) is 0 Å². The summed E-state index contributed by atoms with van der Waals surface area (Å²) in [5, 5.41) is 9.46. The summed E-state index contributed by atoms with van der Waals surface area (Å²) in [5.41, 5.74) is 8.34. The van der Waals surface area contributed by atoms with Gasteiger partial charge in [-0.25, -0.2) is 0 Å². The number of rotatable bonds is 5. The van der Waals surface area contributed by atoms with Crippen LogP contribution in [0, 0.1) is 0 Å². The molecular weight excluding hydrogens is 440 g/mol.